The lowest BCUT2D eigenvalue weighted by Crippen LogP contribution is -2.26. The lowest BCUT2D eigenvalue weighted by molar-refractivity contribution is 0.0952. The molecule has 0 bridgehead atoms. The van der Waals surface area contributed by atoms with E-state index in [2.05, 4.69) is 30.5 Å². The Balaban J connectivity index is 2.69. The number of sulfonamides is 1. The third-order valence-corrected chi connectivity index (χ3v) is 4.29. The van der Waals surface area contributed by atoms with Crippen molar-refractivity contribution in [1.82, 2.24) is 10.0 Å². The maximum Gasteiger partial charge on any atom is 0.251 e. The number of carbonyl (C=O) groups excluding carboxylic acids is 1. The fourth-order valence-corrected chi connectivity index (χ4v) is 2.61. The number of rotatable bonds is 8. The zero-order valence-corrected chi connectivity index (χ0v) is 13.2. The Morgan fingerprint density at radius 3 is 2.43 bits per heavy atom. The molecule has 1 amide bonds. The summed E-state index contributed by atoms with van der Waals surface area (Å²) in [5.74, 6) is 0.326. The molecule has 0 aromatic heterocycles. The normalized spacial score (nSPS) is 11.4. The molecule has 0 unspecified atom stereocenters. The number of nitrogens with one attached hydrogen (secondary N) is 2. The molecule has 0 spiro atoms. The van der Waals surface area contributed by atoms with E-state index in [0.717, 1.165) is 6.42 Å². The molecule has 0 fully saturated rings. The molecule has 0 saturated heterocycles. The van der Waals surface area contributed by atoms with Crippen LogP contribution in [0.1, 0.15) is 30.6 Å². The molecule has 6 heteroatoms. The highest BCUT2D eigenvalue weighted by molar-refractivity contribution is 7.89. The van der Waals surface area contributed by atoms with E-state index in [-0.39, 0.29) is 17.3 Å². The van der Waals surface area contributed by atoms with Gasteiger partial charge in [-0.05, 0) is 36.6 Å². The summed E-state index contributed by atoms with van der Waals surface area (Å²) in [5, 5.41) is 2.81. The Labute approximate surface area is 126 Å². The van der Waals surface area contributed by atoms with E-state index in [4.69, 9.17) is 0 Å². The molecule has 116 valence electrons. The molecule has 1 aromatic rings. The molecule has 0 aliphatic heterocycles. The average molecular weight is 310 g/mol. The third-order valence-electron chi connectivity index (χ3n) is 2.85. The molecule has 2 N–H and O–H groups in total. The lowest BCUT2D eigenvalue weighted by Gasteiger charge is -2.08. The second-order valence-electron chi connectivity index (χ2n) is 5.10. The smallest absolute Gasteiger partial charge is 0.251 e. The van der Waals surface area contributed by atoms with Crippen molar-refractivity contribution in [3.8, 4) is 0 Å². The van der Waals surface area contributed by atoms with Crippen LogP contribution in [0.2, 0.25) is 0 Å². The number of benzene rings is 1. The lowest BCUT2D eigenvalue weighted by atomic mass is 10.1. The van der Waals surface area contributed by atoms with Gasteiger partial charge in [0.05, 0.1) is 4.90 Å². The summed E-state index contributed by atoms with van der Waals surface area (Å²) in [4.78, 5) is 12.0. The van der Waals surface area contributed by atoms with Crippen LogP contribution in [0.5, 0.6) is 0 Å². The summed E-state index contributed by atoms with van der Waals surface area (Å²) in [6.07, 6.45) is 2.37. The van der Waals surface area contributed by atoms with Gasteiger partial charge >= 0.3 is 0 Å². The summed E-state index contributed by atoms with van der Waals surface area (Å²) in [5.41, 5.74) is 0.446. The van der Waals surface area contributed by atoms with E-state index in [1.807, 2.05) is 0 Å². The van der Waals surface area contributed by atoms with Crippen molar-refractivity contribution in [2.24, 2.45) is 5.92 Å². The first-order valence-corrected chi connectivity index (χ1v) is 8.34. The van der Waals surface area contributed by atoms with Crippen LogP contribution in [0, 0.1) is 5.92 Å². The molecular formula is C15H22N2O3S. The van der Waals surface area contributed by atoms with E-state index in [0.29, 0.717) is 18.0 Å². The fourth-order valence-electron chi connectivity index (χ4n) is 1.61. The highest BCUT2D eigenvalue weighted by Crippen LogP contribution is 2.10. The van der Waals surface area contributed by atoms with Gasteiger partial charge in [-0.2, -0.15) is 0 Å². The highest BCUT2D eigenvalue weighted by atomic mass is 32.2. The van der Waals surface area contributed by atoms with E-state index in [1.165, 1.54) is 30.3 Å². The maximum absolute atomic E-state index is 11.9. The summed E-state index contributed by atoms with van der Waals surface area (Å²) in [6.45, 7) is 8.40. The molecule has 1 aromatic carbocycles. The van der Waals surface area contributed by atoms with Gasteiger partial charge in [0.1, 0.15) is 0 Å². The quantitative estimate of drug-likeness (QED) is 0.720. The average Bonchev–Trinajstić information content (AvgIpc) is 2.45. The summed E-state index contributed by atoms with van der Waals surface area (Å²) >= 11 is 0. The monoisotopic (exact) mass is 310 g/mol. The van der Waals surface area contributed by atoms with Crippen molar-refractivity contribution in [3.63, 3.8) is 0 Å². The number of carbonyl (C=O) groups is 1. The second kappa shape index (κ2) is 7.95. The van der Waals surface area contributed by atoms with Crippen molar-refractivity contribution in [3.05, 3.63) is 42.5 Å². The SMILES string of the molecule is C=CCNS(=O)(=O)c1ccc(C(=O)NCCC(C)C)cc1. The zero-order valence-electron chi connectivity index (χ0n) is 12.4. The highest BCUT2D eigenvalue weighted by Gasteiger charge is 2.13. The van der Waals surface area contributed by atoms with Crippen molar-refractivity contribution < 1.29 is 13.2 Å². The number of hydrogen-bond donors (Lipinski definition) is 2. The minimum Gasteiger partial charge on any atom is -0.352 e. The third kappa shape index (κ3) is 5.69. The Kier molecular flexibility index (Phi) is 6.58. The molecule has 21 heavy (non-hydrogen) atoms. The predicted molar refractivity (Wildman–Crippen MR) is 83.6 cm³/mol. The molecule has 0 aliphatic rings. The standard InChI is InChI=1S/C15H22N2O3S/c1-4-10-17-21(19,20)14-7-5-13(6-8-14)15(18)16-11-9-12(2)3/h4-8,12,17H,1,9-11H2,2-3H3,(H,16,18). The van der Waals surface area contributed by atoms with E-state index >= 15 is 0 Å². The molecule has 0 atom stereocenters. The Hall–Kier alpha value is -1.66. The number of amides is 1. The van der Waals surface area contributed by atoms with Gasteiger partial charge in [-0.15, -0.1) is 6.58 Å². The zero-order chi connectivity index (χ0) is 15.9. The molecule has 0 saturated carbocycles. The predicted octanol–water partition coefficient (Wildman–Crippen LogP) is 1.93. The Bertz CT molecular complexity index is 577. The summed E-state index contributed by atoms with van der Waals surface area (Å²) in [7, 11) is -3.55. The van der Waals surface area contributed by atoms with Crippen LogP contribution in [-0.2, 0) is 10.0 Å². The van der Waals surface area contributed by atoms with Gasteiger partial charge in [-0.25, -0.2) is 13.1 Å². The van der Waals surface area contributed by atoms with E-state index in [1.54, 1.807) is 0 Å². The van der Waals surface area contributed by atoms with Crippen molar-refractivity contribution in [2.45, 2.75) is 25.2 Å². The molecule has 0 aliphatic carbocycles. The number of hydrogen-bond acceptors (Lipinski definition) is 3. The van der Waals surface area contributed by atoms with Gasteiger partial charge in [0.2, 0.25) is 10.0 Å². The molecule has 0 radical (unpaired) electrons. The summed E-state index contributed by atoms with van der Waals surface area (Å²) in [6, 6.07) is 5.85. The molecular weight excluding hydrogens is 288 g/mol. The molecule has 0 heterocycles. The molecule has 1 rings (SSSR count). The van der Waals surface area contributed by atoms with Crippen LogP contribution in [0.25, 0.3) is 0 Å². The Morgan fingerprint density at radius 2 is 1.90 bits per heavy atom. The second-order valence-corrected chi connectivity index (χ2v) is 6.87. The van der Waals surface area contributed by atoms with Gasteiger partial charge in [-0.1, -0.05) is 19.9 Å². The van der Waals surface area contributed by atoms with Crippen molar-refractivity contribution >= 4 is 15.9 Å². The van der Waals surface area contributed by atoms with Gasteiger partial charge in [0, 0.05) is 18.7 Å². The maximum atomic E-state index is 11.9. The van der Waals surface area contributed by atoms with Crippen LogP contribution in [0.4, 0.5) is 0 Å². The minimum atomic E-state index is -3.55. The van der Waals surface area contributed by atoms with E-state index < -0.39 is 10.0 Å². The van der Waals surface area contributed by atoms with Crippen LogP contribution in [0.15, 0.2) is 41.8 Å². The first kappa shape index (κ1) is 17.4. The van der Waals surface area contributed by atoms with Crippen molar-refractivity contribution in [1.29, 1.82) is 0 Å². The van der Waals surface area contributed by atoms with E-state index in [9.17, 15) is 13.2 Å². The fraction of sp³-hybridized carbons (Fsp3) is 0.400. The van der Waals surface area contributed by atoms with Crippen LogP contribution in [-0.4, -0.2) is 27.4 Å². The van der Waals surface area contributed by atoms with Gasteiger partial charge in [-0.3, -0.25) is 4.79 Å². The van der Waals surface area contributed by atoms with Gasteiger partial charge in [0.25, 0.3) is 5.91 Å². The first-order valence-electron chi connectivity index (χ1n) is 6.85. The first-order chi connectivity index (χ1) is 9.86. The van der Waals surface area contributed by atoms with Gasteiger partial charge < -0.3 is 5.32 Å². The van der Waals surface area contributed by atoms with Crippen LogP contribution in [0.3, 0.4) is 0 Å². The van der Waals surface area contributed by atoms with Crippen LogP contribution >= 0.6 is 0 Å². The summed E-state index contributed by atoms with van der Waals surface area (Å²) < 4.78 is 26.1. The van der Waals surface area contributed by atoms with Gasteiger partial charge in [0.15, 0.2) is 0 Å². The minimum absolute atomic E-state index is 0.128. The molecule has 5 nitrogen and oxygen atoms in total. The Morgan fingerprint density at radius 1 is 1.29 bits per heavy atom. The van der Waals surface area contributed by atoms with Crippen LogP contribution < -0.4 is 10.0 Å². The van der Waals surface area contributed by atoms with Crippen molar-refractivity contribution in [2.75, 3.05) is 13.1 Å². The largest absolute Gasteiger partial charge is 0.352 e. The topological polar surface area (TPSA) is 75.3 Å².